The lowest BCUT2D eigenvalue weighted by Gasteiger charge is -2.37. The molecule has 2 aromatic heterocycles. The van der Waals surface area contributed by atoms with Crippen molar-refractivity contribution >= 4 is 16.9 Å². The van der Waals surface area contributed by atoms with Crippen LogP contribution in [0.4, 0.5) is 0 Å². The molecule has 0 bridgehead atoms. The summed E-state index contributed by atoms with van der Waals surface area (Å²) < 4.78 is 7.39. The fourth-order valence-electron chi connectivity index (χ4n) is 4.14. The molecule has 32 heavy (non-hydrogen) atoms. The van der Waals surface area contributed by atoms with Crippen LogP contribution in [0, 0.1) is 5.92 Å². The van der Waals surface area contributed by atoms with E-state index in [4.69, 9.17) is 14.9 Å². The average molecular weight is 441 g/mol. The minimum Gasteiger partial charge on any atom is -0.493 e. The third kappa shape index (κ3) is 4.11. The highest BCUT2D eigenvalue weighted by molar-refractivity contribution is 5.80. The molecule has 0 aliphatic carbocycles. The zero-order chi connectivity index (χ0) is 22.8. The molecular formula is C22H28N6O4. The van der Waals surface area contributed by atoms with Gasteiger partial charge in [0, 0.05) is 26.7 Å². The molecule has 1 aromatic carbocycles. The Morgan fingerprint density at radius 1 is 1.34 bits per heavy atom. The molecule has 3 N–H and O–H groups in total. The predicted molar refractivity (Wildman–Crippen MR) is 118 cm³/mol. The molecule has 1 aliphatic rings. The van der Waals surface area contributed by atoms with E-state index in [0.717, 1.165) is 24.1 Å². The Hall–Kier alpha value is -3.24. The highest BCUT2D eigenvalue weighted by Crippen LogP contribution is 2.31. The number of H-pyrrole nitrogens is 1. The van der Waals surface area contributed by atoms with E-state index >= 15 is 0 Å². The Morgan fingerprint density at radius 3 is 2.81 bits per heavy atom. The summed E-state index contributed by atoms with van der Waals surface area (Å²) in [6, 6.07) is 5.81. The lowest BCUT2D eigenvalue weighted by Crippen LogP contribution is -2.52. The summed E-state index contributed by atoms with van der Waals surface area (Å²) in [6.07, 6.45) is 1.64. The standard InChI is InChI=1S/C22H28N6O4/c1-4-6-16-18-19(27(3)25-16)22(30)24-20(23-18)15-9-13(7-8-17(15)32-5-2)10-28-11-14(12-28)21(29)26-31/h7-9,14,31H,4-6,10-12H2,1-3H3,(H,26,29)(H,23,24,30). The lowest BCUT2D eigenvalue weighted by molar-refractivity contribution is -0.139. The molecule has 0 spiro atoms. The molecule has 170 valence electrons. The number of hydrogen-bond donors (Lipinski definition) is 3. The van der Waals surface area contributed by atoms with Gasteiger partial charge in [0.25, 0.3) is 5.56 Å². The molecule has 0 atom stereocenters. The first-order chi connectivity index (χ1) is 15.4. The number of nitrogens with zero attached hydrogens (tertiary/aromatic N) is 4. The molecule has 3 heterocycles. The van der Waals surface area contributed by atoms with Gasteiger partial charge < -0.3 is 9.72 Å². The monoisotopic (exact) mass is 440 g/mol. The van der Waals surface area contributed by atoms with Crippen LogP contribution in [0.2, 0.25) is 0 Å². The van der Waals surface area contributed by atoms with Crippen LogP contribution < -0.4 is 15.8 Å². The van der Waals surface area contributed by atoms with Gasteiger partial charge in [0.2, 0.25) is 5.91 Å². The number of hydroxylamine groups is 1. The van der Waals surface area contributed by atoms with Crippen LogP contribution in [-0.4, -0.2) is 55.5 Å². The number of aromatic nitrogens is 4. The highest BCUT2D eigenvalue weighted by Gasteiger charge is 2.32. The minimum atomic E-state index is -0.358. The van der Waals surface area contributed by atoms with Gasteiger partial charge in [0.05, 0.1) is 23.8 Å². The van der Waals surface area contributed by atoms with Crippen LogP contribution in [0.5, 0.6) is 5.75 Å². The van der Waals surface area contributed by atoms with E-state index in [1.807, 2.05) is 25.1 Å². The van der Waals surface area contributed by atoms with Crippen molar-refractivity contribution in [2.45, 2.75) is 33.2 Å². The number of fused-ring (bicyclic) bond motifs is 1. The van der Waals surface area contributed by atoms with Gasteiger partial charge >= 0.3 is 0 Å². The first-order valence-electron chi connectivity index (χ1n) is 10.8. The minimum absolute atomic E-state index is 0.204. The topological polar surface area (TPSA) is 125 Å². The van der Waals surface area contributed by atoms with Gasteiger partial charge in [-0.15, -0.1) is 0 Å². The van der Waals surface area contributed by atoms with Crippen molar-refractivity contribution in [1.82, 2.24) is 30.1 Å². The summed E-state index contributed by atoms with van der Waals surface area (Å²) in [5.74, 6) is 0.522. The number of carbonyl (C=O) groups excluding carboxylic acids is 1. The van der Waals surface area contributed by atoms with Crippen LogP contribution in [0.15, 0.2) is 23.0 Å². The summed E-state index contributed by atoms with van der Waals surface area (Å²) in [5.41, 5.74) is 5.06. The first-order valence-corrected chi connectivity index (χ1v) is 10.8. The Bertz CT molecular complexity index is 1200. The lowest BCUT2D eigenvalue weighted by atomic mass is 9.98. The van der Waals surface area contributed by atoms with E-state index in [-0.39, 0.29) is 17.4 Å². The second-order valence-electron chi connectivity index (χ2n) is 8.06. The van der Waals surface area contributed by atoms with Crippen molar-refractivity contribution in [3.05, 3.63) is 39.8 Å². The maximum atomic E-state index is 12.9. The highest BCUT2D eigenvalue weighted by atomic mass is 16.5. The van der Waals surface area contributed by atoms with E-state index in [9.17, 15) is 9.59 Å². The van der Waals surface area contributed by atoms with Crippen LogP contribution in [0.25, 0.3) is 22.4 Å². The molecule has 0 radical (unpaired) electrons. The first kappa shape index (κ1) is 22.0. The second kappa shape index (κ2) is 9.09. The van der Waals surface area contributed by atoms with Gasteiger partial charge in [-0.2, -0.15) is 5.10 Å². The second-order valence-corrected chi connectivity index (χ2v) is 8.06. The summed E-state index contributed by atoms with van der Waals surface area (Å²) in [7, 11) is 1.75. The molecule has 10 heteroatoms. The summed E-state index contributed by atoms with van der Waals surface area (Å²) in [4.78, 5) is 34.2. The summed E-state index contributed by atoms with van der Waals surface area (Å²) in [6.45, 7) is 6.24. The van der Waals surface area contributed by atoms with E-state index in [1.54, 1.807) is 17.2 Å². The molecular weight excluding hydrogens is 412 g/mol. The summed E-state index contributed by atoms with van der Waals surface area (Å²) >= 11 is 0. The molecule has 0 saturated carbocycles. The number of aromatic amines is 1. The van der Waals surface area contributed by atoms with Crippen LogP contribution in [-0.2, 0) is 24.8 Å². The number of rotatable bonds is 8. The zero-order valence-corrected chi connectivity index (χ0v) is 18.5. The number of carbonyl (C=O) groups is 1. The Balaban J connectivity index is 1.69. The van der Waals surface area contributed by atoms with Crippen molar-refractivity contribution in [2.75, 3.05) is 19.7 Å². The van der Waals surface area contributed by atoms with E-state index < -0.39 is 0 Å². The quantitative estimate of drug-likeness (QED) is 0.359. The molecule has 4 rings (SSSR count). The van der Waals surface area contributed by atoms with Crippen molar-refractivity contribution < 1.29 is 14.7 Å². The Morgan fingerprint density at radius 2 is 2.12 bits per heavy atom. The van der Waals surface area contributed by atoms with Gasteiger partial charge in [-0.1, -0.05) is 19.4 Å². The fraction of sp³-hybridized carbons (Fsp3) is 0.455. The Labute approximate surface area is 185 Å². The van der Waals surface area contributed by atoms with Gasteiger partial charge in [-0.3, -0.25) is 24.4 Å². The maximum absolute atomic E-state index is 12.9. The normalized spacial score (nSPS) is 14.5. The number of likely N-dealkylation sites (tertiary alicyclic amines) is 1. The number of aryl methyl sites for hydroxylation is 2. The third-order valence-electron chi connectivity index (χ3n) is 5.69. The number of hydrogen-bond acceptors (Lipinski definition) is 7. The largest absolute Gasteiger partial charge is 0.493 e. The molecule has 1 amide bonds. The van der Waals surface area contributed by atoms with Gasteiger partial charge in [0.1, 0.15) is 17.1 Å². The molecule has 0 unspecified atom stereocenters. The molecule has 1 saturated heterocycles. The number of benzene rings is 1. The molecule has 1 fully saturated rings. The van der Waals surface area contributed by atoms with Crippen molar-refractivity contribution in [3.63, 3.8) is 0 Å². The van der Waals surface area contributed by atoms with Gasteiger partial charge in [-0.25, -0.2) is 10.5 Å². The molecule has 3 aromatic rings. The van der Waals surface area contributed by atoms with Crippen LogP contribution in [0.3, 0.4) is 0 Å². The van der Waals surface area contributed by atoms with E-state index in [2.05, 4.69) is 21.9 Å². The number of amides is 1. The smallest absolute Gasteiger partial charge is 0.277 e. The molecule has 1 aliphatic heterocycles. The predicted octanol–water partition coefficient (Wildman–Crippen LogP) is 1.61. The third-order valence-corrected chi connectivity index (χ3v) is 5.69. The zero-order valence-electron chi connectivity index (χ0n) is 18.5. The maximum Gasteiger partial charge on any atom is 0.277 e. The number of nitrogens with one attached hydrogen (secondary N) is 2. The molecule has 10 nitrogen and oxygen atoms in total. The van der Waals surface area contributed by atoms with E-state index in [1.165, 1.54) is 0 Å². The van der Waals surface area contributed by atoms with Crippen LogP contribution in [0.1, 0.15) is 31.5 Å². The van der Waals surface area contributed by atoms with Crippen molar-refractivity contribution in [2.24, 2.45) is 13.0 Å². The van der Waals surface area contributed by atoms with Crippen molar-refractivity contribution in [1.29, 1.82) is 0 Å². The Kier molecular flexibility index (Phi) is 6.24. The van der Waals surface area contributed by atoms with E-state index in [0.29, 0.717) is 54.4 Å². The van der Waals surface area contributed by atoms with Crippen molar-refractivity contribution in [3.8, 4) is 17.1 Å². The van der Waals surface area contributed by atoms with Crippen LogP contribution >= 0.6 is 0 Å². The summed E-state index contributed by atoms with van der Waals surface area (Å²) in [5, 5.41) is 13.3. The van der Waals surface area contributed by atoms with Gasteiger partial charge in [-0.05, 0) is 31.0 Å². The SMILES string of the molecule is CCCc1nn(C)c2c(=O)[nH]c(-c3cc(CN4CC(C(=O)NO)C4)ccc3OCC)nc12. The number of ether oxygens (including phenoxy) is 1. The van der Waals surface area contributed by atoms with Gasteiger partial charge in [0.15, 0.2) is 5.52 Å². The average Bonchev–Trinajstić information content (AvgIpc) is 3.07. The fourth-order valence-corrected chi connectivity index (χ4v) is 4.14.